The molecule has 0 atom stereocenters. The summed E-state index contributed by atoms with van der Waals surface area (Å²) >= 11 is 0. The minimum absolute atomic E-state index is 0.201. The van der Waals surface area contributed by atoms with Gasteiger partial charge in [-0.25, -0.2) is 4.79 Å². The molecule has 6 heteroatoms. The second kappa shape index (κ2) is 6.23. The van der Waals surface area contributed by atoms with Gasteiger partial charge in [0.25, 0.3) is 5.56 Å². The Kier molecular flexibility index (Phi) is 4.12. The summed E-state index contributed by atoms with van der Waals surface area (Å²) in [6.45, 7) is 3.86. The molecule has 0 radical (unpaired) electrons. The second-order valence-corrected chi connectivity index (χ2v) is 5.51. The number of rotatable bonds is 3. The molecule has 0 saturated heterocycles. The molecule has 0 amide bonds. The monoisotopic (exact) mass is 323 g/mol. The van der Waals surface area contributed by atoms with Gasteiger partial charge in [-0.2, -0.15) is 0 Å². The number of aryl methyl sites for hydroxylation is 2. The summed E-state index contributed by atoms with van der Waals surface area (Å²) in [7, 11) is 1.32. The van der Waals surface area contributed by atoms with Crippen molar-refractivity contribution >= 4 is 16.7 Å². The van der Waals surface area contributed by atoms with E-state index in [1.807, 2.05) is 18.2 Å². The van der Waals surface area contributed by atoms with Crippen LogP contribution in [0, 0.1) is 13.8 Å². The van der Waals surface area contributed by atoms with E-state index in [0.717, 1.165) is 5.69 Å². The molecule has 0 fully saturated rings. The number of aromatic nitrogens is 3. The fourth-order valence-corrected chi connectivity index (χ4v) is 2.84. The Hall–Kier alpha value is -3.02. The molecule has 0 aromatic carbocycles. The highest BCUT2D eigenvalue weighted by Crippen LogP contribution is 2.21. The first-order valence-electron chi connectivity index (χ1n) is 7.51. The summed E-state index contributed by atoms with van der Waals surface area (Å²) in [4.78, 5) is 33.5. The molecule has 24 heavy (non-hydrogen) atoms. The summed E-state index contributed by atoms with van der Waals surface area (Å²) in [6, 6.07) is 7.32. The lowest BCUT2D eigenvalue weighted by atomic mass is 10.0. The lowest BCUT2D eigenvalue weighted by Crippen LogP contribution is -2.23. The van der Waals surface area contributed by atoms with E-state index in [1.54, 1.807) is 36.9 Å². The zero-order valence-corrected chi connectivity index (χ0v) is 13.7. The molecule has 6 nitrogen and oxygen atoms in total. The van der Waals surface area contributed by atoms with Crippen molar-refractivity contribution in [3.05, 3.63) is 69.7 Å². The summed E-state index contributed by atoms with van der Waals surface area (Å²) < 4.78 is 6.40. The van der Waals surface area contributed by atoms with E-state index in [2.05, 4.69) is 9.97 Å². The van der Waals surface area contributed by atoms with Crippen LogP contribution in [0.25, 0.3) is 10.8 Å². The zero-order chi connectivity index (χ0) is 17.3. The van der Waals surface area contributed by atoms with E-state index in [9.17, 15) is 9.59 Å². The number of pyridine rings is 3. The third-order valence-electron chi connectivity index (χ3n) is 3.94. The molecule has 122 valence electrons. The van der Waals surface area contributed by atoms with Crippen LogP contribution in [-0.4, -0.2) is 27.6 Å². The quantitative estimate of drug-likeness (QED) is 0.691. The topological polar surface area (TPSA) is 74.1 Å². The predicted molar refractivity (Wildman–Crippen MR) is 90.2 cm³/mol. The Labute approximate surface area is 138 Å². The predicted octanol–water partition coefficient (Wildman–Crippen LogP) is 2.24. The van der Waals surface area contributed by atoms with Gasteiger partial charge in [0.05, 0.1) is 41.7 Å². The van der Waals surface area contributed by atoms with Gasteiger partial charge in [0.1, 0.15) is 0 Å². The minimum Gasteiger partial charge on any atom is -0.465 e. The molecule has 0 N–H and O–H groups in total. The first-order chi connectivity index (χ1) is 11.5. The van der Waals surface area contributed by atoms with Gasteiger partial charge in [-0.1, -0.05) is 6.07 Å². The van der Waals surface area contributed by atoms with Crippen LogP contribution in [-0.2, 0) is 11.3 Å². The average molecular weight is 323 g/mol. The maximum atomic E-state index is 12.9. The Morgan fingerprint density at radius 3 is 2.67 bits per heavy atom. The first-order valence-corrected chi connectivity index (χ1v) is 7.51. The Morgan fingerprint density at radius 2 is 2.00 bits per heavy atom. The normalized spacial score (nSPS) is 10.8. The molecular formula is C18H17N3O3. The maximum Gasteiger partial charge on any atom is 0.340 e. The summed E-state index contributed by atoms with van der Waals surface area (Å²) in [6.07, 6.45) is 3.36. The largest absolute Gasteiger partial charge is 0.465 e. The molecule has 3 aromatic heterocycles. The SMILES string of the molecule is COC(=O)c1c(C)nc(C)c2c(=O)n(Cc3ccccn3)ccc12. The van der Waals surface area contributed by atoms with Crippen LogP contribution < -0.4 is 5.56 Å². The number of ether oxygens (including phenoxy) is 1. The summed E-state index contributed by atoms with van der Waals surface area (Å²) in [5, 5.41) is 0.994. The molecule has 0 spiro atoms. The molecule has 0 aliphatic heterocycles. The van der Waals surface area contributed by atoms with Crippen molar-refractivity contribution in [3.63, 3.8) is 0 Å². The Balaban J connectivity index is 2.23. The molecule has 0 unspecified atom stereocenters. The lowest BCUT2D eigenvalue weighted by Gasteiger charge is -2.12. The maximum absolute atomic E-state index is 12.9. The van der Waals surface area contributed by atoms with E-state index in [4.69, 9.17) is 4.74 Å². The van der Waals surface area contributed by atoms with Crippen LogP contribution >= 0.6 is 0 Å². The van der Waals surface area contributed by atoms with Crippen molar-refractivity contribution in [3.8, 4) is 0 Å². The average Bonchev–Trinajstić information content (AvgIpc) is 2.57. The smallest absolute Gasteiger partial charge is 0.340 e. The Bertz CT molecular complexity index is 978. The standard InChI is InChI=1S/C18H17N3O3/c1-11-15-14(16(12(2)20-11)18(23)24-3)7-9-21(17(15)22)10-13-6-4-5-8-19-13/h4-9H,10H2,1-3H3. The number of hydrogen-bond donors (Lipinski definition) is 0. The molecule has 0 saturated carbocycles. The van der Waals surface area contributed by atoms with Gasteiger partial charge >= 0.3 is 5.97 Å². The minimum atomic E-state index is -0.494. The number of nitrogens with zero attached hydrogens (tertiary/aromatic N) is 3. The highest BCUT2D eigenvalue weighted by molar-refractivity contribution is 6.05. The summed E-state index contributed by atoms with van der Waals surface area (Å²) in [5.41, 5.74) is 2.06. The number of esters is 1. The van der Waals surface area contributed by atoms with E-state index in [0.29, 0.717) is 34.3 Å². The number of fused-ring (bicyclic) bond motifs is 1. The zero-order valence-electron chi connectivity index (χ0n) is 13.7. The number of carbonyl (C=O) groups is 1. The van der Waals surface area contributed by atoms with Crippen molar-refractivity contribution in [2.45, 2.75) is 20.4 Å². The van der Waals surface area contributed by atoms with Crippen LogP contribution in [0.15, 0.2) is 41.5 Å². The van der Waals surface area contributed by atoms with Crippen LogP contribution in [0.5, 0.6) is 0 Å². The van der Waals surface area contributed by atoms with Gasteiger partial charge in [0, 0.05) is 17.8 Å². The van der Waals surface area contributed by atoms with Crippen molar-refractivity contribution < 1.29 is 9.53 Å². The van der Waals surface area contributed by atoms with Crippen molar-refractivity contribution in [2.75, 3.05) is 7.11 Å². The van der Waals surface area contributed by atoms with Crippen LogP contribution in [0.4, 0.5) is 0 Å². The number of hydrogen-bond acceptors (Lipinski definition) is 5. The van der Waals surface area contributed by atoms with Crippen LogP contribution in [0.2, 0.25) is 0 Å². The first kappa shape index (κ1) is 15.9. The molecular weight excluding hydrogens is 306 g/mol. The lowest BCUT2D eigenvalue weighted by molar-refractivity contribution is 0.0601. The van der Waals surface area contributed by atoms with Gasteiger partial charge in [0.2, 0.25) is 0 Å². The van der Waals surface area contributed by atoms with Gasteiger partial charge in [0.15, 0.2) is 0 Å². The van der Waals surface area contributed by atoms with Gasteiger partial charge < -0.3 is 9.30 Å². The third kappa shape index (κ3) is 2.67. The molecule has 3 rings (SSSR count). The number of methoxy groups -OCH3 is 1. The Morgan fingerprint density at radius 1 is 1.21 bits per heavy atom. The highest BCUT2D eigenvalue weighted by Gasteiger charge is 2.19. The van der Waals surface area contributed by atoms with Gasteiger partial charge in [-0.05, 0) is 32.0 Å². The molecule has 3 aromatic rings. The molecule has 3 heterocycles. The molecule has 0 aliphatic carbocycles. The van der Waals surface area contributed by atoms with Crippen molar-refractivity contribution in [1.29, 1.82) is 0 Å². The highest BCUT2D eigenvalue weighted by atomic mass is 16.5. The molecule has 0 aliphatic rings. The van der Waals surface area contributed by atoms with E-state index in [-0.39, 0.29) is 5.56 Å². The fraction of sp³-hybridized carbons (Fsp3) is 0.222. The van der Waals surface area contributed by atoms with Crippen molar-refractivity contribution in [1.82, 2.24) is 14.5 Å². The van der Waals surface area contributed by atoms with E-state index in [1.165, 1.54) is 7.11 Å². The molecule has 0 bridgehead atoms. The van der Waals surface area contributed by atoms with Gasteiger partial charge in [-0.15, -0.1) is 0 Å². The number of carbonyl (C=O) groups excluding carboxylic acids is 1. The second-order valence-electron chi connectivity index (χ2n) is 5.51. The fourth-order valence-electron chi connectivity index (χ4n) is 2.84. The van der Waals surface area contributed by atoms with Gasteiger partial charge in [-0.3, -0.25) is 14.8 Å². The van der Waals surface area contributed by atoms with Crippen LogP contribution in [0.3, 0.4) is 0 Å². The third-order valence-corrected chi connectivity index (χ3v) is 3.94. The van der Waals surface area contributed by atoms with E-state index < -0.39 is 5.97 Å². The van der Waals surface area contributed by atoms with Crippen LogP contribution in [0.1, 0.15) is 27.4 Å². The van der Waals surface area contributed by atoms with Crippen molar-refractivity contribution in [2.24, 2.45) is 0 Å². The summed E-state index contributed by atoms with van der Waals surface area (Å²) in [5.74, 6) is -0.494. The van der Waals surface area contributed by atoms with E-state index >= 15 is 0 Å².